The summed E-state index contributed by atoms with van der Waals surface area (Å²) in [6.45, 7) is -0.0668. The van der Waals surface area contributed by atoms with Crippen LogP contribution < -0.4 is 0 Å². The molecule has 0 aromatic carbocycles. The molecule has 0 amide bonds. The van der Waals surface area contributed by atoms with E-state index in [2.05, 4.69) is 5.10 Å². The fourth-order valence-corrected chi connectivity index (χ4v) is 1.35. The van der Waals surface area contributed by atoms with Crippen molar-refractivity contribution in [2.24, 2.45) is 7.05 Å². The van der Waals surface area contributed by atoms with Crippen molar-refractivity contribution in [1.29, 1.82) is 0 Å². The van der Waals surface area contributed by atoms with E-state index >= 15 is 0 Å². The Labute approximate surface area is 75.4 Å². The third-order valence-electron chi connectivity index (χ3n) is 1.66. The number of rotatable bonds is 3. The molecule has 5 heteroatoms. The number of hydrogen-bond donors (Lipinski definition) is 2. The van der Waals surface area contributed by atoms with Crippen molar-refractivity contribution < 1.29 is 10.2 Å². The molecule has 0 saturated heterocycles. The van der Waals surface area contributed by atoms with Gasteiger partial charge in [-0.25, -0.2) is 0 Å². The van der Waals surface area contributed by atoms with Crippen LogP contribution in [0.3, 0.4) is 0 Å². The van der Waals surface area contributed by atoms with Gasteiger partial charge in [-0.05, 0) is 0 Å². The molecule has 1 atom stereocenters. The minimum atomic E-state index is -0.741. The highest BCUT2D eigenvalue weighted by Gasteiger charge is 2.15. The molecular formula is C7H11ClN2O2. The van der Waals surface area contributed by atoms with Crippen LogP contribution in [-0.4, -0.2) is 26.6 Å². The maximum absolute atomic E-state index is 9.47. The Morgan fingerprint density at radius 2 is 2.42 bits per heavy atom. The van der Waals surface area contributed by atoms with Crippen molar-refractivity contribution in [2.75, 3.05) is 6.61 Å². The van der Waals surface area contributed by atoms with E-state index in [1.165, 1.54) is 10.9 Å². The van der Waals surface area contributed by atoms with E-state index in [0.29, 0.717) is 10.7 Å². The maximum atomic E-state index is 9.47. The second-order valence-electron chi connectivity index (χ2n) is 2.53. The van der Waals surface area contributed by atoms with Gasteiger partial charge in [0.2, 0.25) is 0 Å². The lowest BCUT2D eigenvalue weighted by Gasteiger charge is -2.09. The Morgan fingerprint density at radius 3 is 2.83 bits per heavy atom. The van der Waals surface area contributed by atoms with Gasteiger partial charge in [0, 0.05) is 20.1 Å². The molecular weight excluding hydrogens is 180 g/mol. The van der Waals surface area contributed by atoms with Gasteiger partial charge in [-0.3, -0.25) is 4.68 Å². The van der Waals surface area contributed by atoms with Crippen molar-refractivity contribution in [3.8, 4) is 0 Å². The number of hydrogen-bond acceptors (Lipinski definition) is 3. The molecule has 1 aromatic heterocycles. The molecule has 0 aliphatic carbocycles. The zero-order chi connectivity index (χ0) is 9.14. The molecule has 1 rings (SSSR count). The van der Waals surface area contributed by atoms with Crippen LogP contribution >= 0.6 is 11.6 Å². The van der Waals surface area contributed by atoms with Crippen LogP contribution in [0.1, 0.15) is 18.2 Å². The van der Waals surface area contributed by atoms with Crippen molar-refractivity contribution in [3.05, 3.63) is 16.9 Å². The highest BCUT2D eigenvalue weighted by atomic mass is 35.5. The maximum Gasteiger partial charge on any atom is 0.0993 e. The lowest BCUT2D eigenvalue weighted by atomic mass is 10.2. The molecule has 1 unspecified atom stereocenters. The Balaban J connectivity index is 2.85. The van der Waals surface area contributed by atoms with Gasteiger partial charge in [-0.1, -0.05) is 11.6 Å². The summed E-state index contributed by atoms with van der Waals surface area (Å²) in [6, 6.07) is 0. The number of aromatic nitrogens is 2. The predicted molar refractivity (Wildman–Crippen MR) is 44.9 cm³/mol. The number of aliphatic hydroxyl groups is 2. The predicted octanol–water partition coefficient (Wildman–Crippen LogP) is 0.489. The SMILES string of the molecule is Cn1ncc(Cl)c1C(O)CCO. The van der Waals surface area contributed by atoms with Gasteiger partial charge in [0.1, 0.15) is 0 Å². The fourth-order valence-electron chi connectivity index (χ4n) is 1.05. The molecule has 4 nitrogen and oxygen atoms in total. The Kier molecular flexibility index (Phi) is 3.08. The molecule has 0 aliphatic rings. The molecule has 1 aromatic rings. The summed E-state index contributed by atoms with van der Waals surface area (Å²) in [4.78, 5) is 0. The molecule has 2 N–H and O–H groups in total. The summed E-state index contributed by atoms with van der Waals surface area (Å²) in [5.41, 5.74) is 0.547. The minimum absolute atomic E-state index is 0.0668. The Morgan fingerprint density at radius 1 is 1.75 bits per heavy atom. The largest absolute Gasteiger partial charge is 0.396 e. The van der Waals surface area contributed by atoms with E-state index in [9.17, 15) is 5.11 Å². The van der Waals surface area contributed by atoms with Crippen LogP contribution in [0.15, 0.2) is 6.20 Å². The molecule has 0 radical (unpaired) electrons. The summed E-state index contributed by atoms with van der Waals surface area (Å²) in [6.07, 6.45) is 1.01. The number of aryl methyl sites for hydroxylation is 1. The molecule has 68 valence electrons. The zero-order valence-electron chi connectivity index (χ0n) is 6.74. The van der Waals surface area contributed by atoms with Crippen molar-refractivity contribution in [3.63, 3.8) is 0 Å². The highest BCUT2D eigenvalue weighted by molar-refractivity contribution is 6.31. The van der Waals surface area contributed by atoms with Crippen molar-refractivity contribution in [2.45, 2.75) is 12.5 Å². The van der Waals surface area contributed by atoms with Crippen molar-refractivity contribution >= 4 is 11.6 Å². The highest BCUT2D eigenvalue weighted by Crippen LogP contribution is 2.23. The summed E-state index contributed by atoms with van der Waals surface area (Å²) >= 11 is 5.75. The Bertz CT molecular complexity index is 242. The van der Waals surface area contributed by atoms with Crippen LogP contribution in [0.5, 0.6) is 0 Å². The van der Waals surface area contributed by atoms with E-state index in [4.69, 9.17) is 16.7 Å². The first-order valence-corrected chi connectivity index (χ1v) is 4.01. The average Bonchev–Trinajstić information content (AvgIpc) is 2.32. The summed E-state index contributed by atoms with van der Waals surface area (Å²) < 4.78 is 1.50. The first kappa shape index (κ1) is 9.51. The average molecular weight is 191 g/mol. The lowest BCUT2D eigenvalue weighted by Crippen LogP contribution is -2.07. The van der Waals surface area contributed by atoms with Gasteiger partial charge >= 0.3 is 0 Å². The molecule has 0 spiro atoms. The molecule has 0 fully saturated rings. The van der Waals surface area contributed by atoms with E-state index in [1.54, 1.807) is 7.05 Å². The molecule has 1 heterocycles. The number of aliphatic hydroxyl groups excluding tert-OH is 2. The van der Waals surface area contributed by atoms with Gasteiger partial charge in [0.25, 0.3) is 0 Å². The summed E-state index contributed by atoms with van der Waals surface area (Å²) in [5, 5.41) is 22.3. The smallest absolute Gasteiger partial charge is 0.0993 e. The van der Waals surface area contributed by atoms with Crippen LogP contribution in [0.25, 0.3) is 0 Å². The van der Waals surface area contributed by atoms with E-state index in [0.717, 1.165) is 0 Å². The lowest BCUT2D eigenvalue weighted by molar-refractivity contribution is 0.127. The van der Waals surface area contributed by atoms with E-state index in [1.807, 2.05) is 0 Å². The van der Waals surface area contributed by atoms with E-state index in [-0.39, 0.29) is 13.0 Å². The van der Waals surface area contributed by atoms with Crippen LogP contribution in [0.4, 0.5) is 0 Å². The fraction of sp³-hybridized carbons (Fsp3) is 0.571. The topological polar surface area (TPSA) is 58.3 Å². The third-order valence-corrected chi connectivity index (χ3v) is 1.95. The first-order valence-electron chi connectivity index (χ1n) is 3.63. The van der Waals surface area contributed by atoms with Gasteiger partial charge in [-0.2, -0.15) is 5.10 Å². The second-order valence-corrected chi connectivity index (χ2v) is 2.94. The Hall–Kier alpha value is -0.580. The minimum Gasteiger partial charge on any atom is -0.396 e. The third kappa shape index (κ3) is 1.77. The summed E-state index contributed by atoms with van der Waals surface area (Å²) in [7, 11) is 1.70. The van der Waals surface area contributed by atoms with Crippen LogP contribution in [0.2, 0.25) is 5.02 Å². The van der Waals surface area contributed by atoms with Crippen LogP contribution in [-0.2, 0) is 7.05 Å². The van der Waals surface area contributed by atoms with Gasteiger partial charge < -0.3 is 10.2 Å². The summed E-state index contributed by atoms with van der Waals surface area (Å²) in [5.74, 6) is 0. The number of nitrogens with zero attached hydrogens (tertiary/aromatic N) is 2. The zero-order valence-corrected chi connectivity index (χ0v) is 7.49. The van der Waals surface area contributed by atoms with Crippen molar-refractivity contribution in [1.82, 2.24) is 9.78 Å². The normalized spacial score (nSPS) is 13.3. The second kappa shape index (κ2) is 3.89. The quantitative estimate of drug-likeness (QED) is 0.730. The van der Waals surface area contributed by atoms with Crippen LogP contribution in [0, 0.1) is 0 Å². The van der Waals surface area contributed by atoms with Gasteiger partial charge in [0.05, 0.1) is 23.0 Å². The van der Waals surface area contributed by atoms with E-state index < -0.39 is 6.10 Å². The molecule has 0 saturated carbocycles. The molecule has 12 heavy (non-hydrogen) atoms. The molecule has 0 bridgehead atoms. The number of halogens is 1. The standard InChI is InChI=1S/C7H11ClN2O2/c1-10-7(5(8)4-9-10)6(12)2-3-11/h4,6,11-12H,2-3H2,1H3. The monoisotopic (exact) mass is 190 g/mol. The van der Waals surface area contributed by atoms with Gasteiger partial charge in [0.15, 0.2) is 0 Å². The first-order chi connectivity index (χ1) is 5.66. The molecule has 0 aliphatic heterocycles. The van der Waals surface area contributed by atoms with Gasteiger partial charge in [-0.15, -0.1) is 0 Å².